The SMILES string of the molecule is CCc1ccc(OC)c(NCCCS)c1. The molecule has 1 N–H and O–H groups in total. The van der Waals surface area contributed by atoms with E-state index in [1.165, 1.54) is 5.56 Å². The lowest BCUT2D eigenvalue weighted by atomic mass is 10.1. The van der Waals surface area contributed by atoms with E-state index >= 15 is 0 Å². The number of methoxy groups -OCH3 is 1. The van der Waals surface area contributed by atoms with Crippen molar-refractivity contribution in [3.8, 4) is 5.75 Å². The number of aryl methyl sites for hydroxylation is 1. The second-order valence-corrected chi connectivity index (χ2v) is 3.84. The summed E-state index contributed by atoms with van der Waals surface area (Å²) in [6.45, 7) is 3.09. The molecule has 0 heterocycles. The fraction of sp³-hybridized carbons (Fsp3) is 0.500. The van der Waals surface area contributed by atoms with Gasteiger partial charge < -0.3 is 10.1 Å². The average Bonchev–Trinajstić information content (AvgIpc) is 2.29. The van der Waals surface area contributed by atoms with Gasteiger partial charge in [-0.25, -0.2) is 0 Å². The predicted molar refractivity (Wildman–Crippen MR) is 69.3 cm³/mol. The number of hydrogen-bond donors (Lipinski definition) is 2. The third kappa shape index (κ3) is 3.67. The summed E-state index contributed by atoms with van der Waals surface area (Å²) in [6.07, 6.45) is 2.11. The van der Waals surface area contributed by atoms with Gasteiger partial charge in [-0.05, 0) is 36.3 Å². The Morgan fingerprint density at radius 1 is 1.40 bits per heavy atom. The molecule has 2 nitrogen and oxygen atoms in total. The van der Waals surface area contributed by atoms with E-state index in [9.17, 15) is 0 Å². The highest BCUT2D eigenvalue weighted by Gasteiger charge is 2.02. The molecule has 3 heteroatoms. The van der Waals surface area contributed by atoms with E-state index in [0.29, 0.717) is 0 Å². The lowest BCUT2D eigenvalue weighted by molar-refractivity contribution is 0.416. The largest absolute Gasteiger partial charge is 0.495 e. The minimum absolute atomic E-state index is 0.906. The molecule has 15 heavy (non-hydrogen) atoms. The van der Waals surface area contributed by atoms with Gasteiger partial charge in [-0.3, -0.25) is 0 Å². The van der Waals surface area contributed by atoms with Crippen molar-refractivity contribution in [2.45, 2.75) is 19.8 Å². The monoisotopic (exact) mass is 225 g/mol. The first-order valence-electron chi connectivity index (χ1n) is 5.33. The van der Waals surface area contributed by atoms with Gasteiger partial charge in [0.1, 0.15) is 5.75 Å². The lowest BCUT2D eigenvalue weighted by Gasteiger charge is -2.12. The Morgan fingerprint density at radius 2 is 2.20 bits per heavy atom. The summed E-state index contributed by atoms with van der Waals surface area (Å²) in [6, 6.07) is 6.27. The molecular weight excluding hydrogens is 206 g/mol. The molecule has 0 fully saturated rings. The molecule has 0 aromatic heterocycles. The van der Waals surface area contributed by atoms with Gasteiger partial charge in [0, 0.05) is 6.54 Å². The summed E-state index contributed by atoms with van der Waals surface area (Å²) in [5.41, 5.74) is 2.41. The third-order valence-electron chi connectivity index (χ3n) is 2.32. The maximum absolute atomic E-state index is 5.29. The molecule has 0 atom stereocenters. The second kappa shape index (κ2) is 6.62. The Bertz CT molecular complexity index is 302. The highest BCUT2D eigenvalue weighted by Crippen LogP contribution is 2.25. The van der Waals surface area contributed by atoms with Gasteiger partial charge in [0.2, 0.25) is 0 Å². The number of benzene rings is 1. The molecule has 0 amide bonds. The fourth-order valence-electron chi connectivity index (χ4n) is 1.42. The molecule has 0 spiro atoms. The molecular formula is C12H19NOS. The summed E-state index contributed by atoms with van der Waals surface area (Å²) < 4.78 is 5.29. The van der Waals surface area contributed by atoms with Crippen LogP contribution in [-0.2, 0) is 6.42 Å². The van der Waals surface area contributed by atoms with E-state index in [-0.39, 0.29) is 0 Å². The molecule has 0 aliphatic heterocycles. The zero-order valence-electron chi connectivity index (χ0n) is 9.42. The molecule has 1 rings (SSSR count). The van der Waals surface area contributed by atoms with Crippen LogP contribution in [0.25, 0.3) is 0 Å². The molecule has 1 aromatic carbocycles. The van der Waals surface area contributed by atoms with Crippen LogP contribution in [0, 0.1) is 0 Å². The van der Waals surface area contributed by atoms with Crippen LogP contribution in [0.1, 0.15) is 18.9 Å². The van der Waals surface area contributed by atoms with Gasteiger partial charge in [0.25, 0.3) is 0 Å². The van der Waals surface area contributed by atoms with Crippen LogP contribution in [0.4, 0.5) is 5.69 Å². The van der Waals surface area contributed by atoms with Crippen molar-refractivity contribution in [3.63, 3.8) is 0 Å². The quantitative estimate of drug-likeness (QED) is 0.573. The van der Waals surface area contributed by atoms with Crippen molar-refractivity contribution in [3.05, 3.63) is 23.8 Å². The standard InChI is InChI=1S/C12H19NOS/c1-3-10-5-6-12(14-2)11(9-10)13-7-4-8-15/h5-6,9,13,15H,3-4,7-8H2,1-2H3. The smallest absolute Gasteiger partial charge is 0.141 e. The summed E-state index contributed by atoms with van der Waals surface area (Å²) in [5.74, 6) is 1.81. The zero-order valence-corrected chi connectivity index (χ0v) is 10.3. The molecule has 0 bridgehead atoms. The normalized spacial score (nSPS) is 10.1. The number of anilines is 1. The van der Waals surface area contributed by atoms with E-state index in [1.807, 2.05) is 6.07 Å². The lowest BCUT2D eigenvalue weighted by Crippen LogP contribution is -2.04. The van der Waals surface area contributed by atoms with Crippen LogP contribution in [0.3, 0.4) is 0 Å². The van der Waals surface area contributed by atoms with Gasteiger partial charge in [-0.1, -0.05) is 13.0 Å². The number of ether oxygens (including phenoxy) is 1. The Labute approximate surface area is 97.4 Å². The number of thiol groups is 1. The van der Waals surface area contributed by atoms with Crippen molar-refractivity contribution < 1.29 is 4.74 Å². The van der Waals surface area contributed by atoms with Crippen LogP contribution >= 0.6 is 12.6 Å². The Kier molecular flexibility index (Phi) is 5.40. The van der Waals surface area contributed by atoms with Gasteiger partial charge in [-0.15, -0.1) is 0 Å². The maximum atomic E-state index is 5.29. The molecule has 0 aliphatic rings. The van der Waals surface area contributed by atoms with Gasteiger partial charge in [0.05, 0.1) is 12.8 Å². The van der Waals surface area contributed by atoms with Crippen LogP contribution in [0.5, 0.6) is 5.75 Å². The Balaban J connectivity index is 2.72. The van der Waals surface area contributed by atoms with E-state index in [2.05, 4.69) is 37.0 Å². The molecule has 84 valence electrons. The molecule has 0 saturated carbocycles. The Morgan fingerprint density at radius 3 is 2.80 bits per heavy atom. The van der Waals surface area contributed by atoms with E-state index < -0.39 is 0 Å². The van der Waals surface area contributed by atoms with Crippen molar-refractivity contribution in [2.75, 3.05) is 24.7 Å². The van der Waals surface area contributed by atoms with Gasteiger partial charge in [-0.2, -0.15) is 12.6 Å². The van der Waals surface area contributed by atoms with Crippen LogP contribution in [0.15, 0.2) is 18.2 Å². The van der Waals surface area contributed by atoms with Crippen molar-refractivity contribution >= 4 is 18.3 Å². The van der Waals surface area contributed by atoms with E-state index in [1.54, 1.807) is 7.11 Å². The van der Waals surface area contributed by atoms with Crippen molar-refractivity contribution in [2.24, 2.45) is 0 Å². The van der Waals surface area contributed by atoms with Crippen LogP contribution in [-0.4, -0.2) is 19.4 Å². The van der Waals surface area contributed by atoms with E-state index in [0.717, 1.165) is 36.6 Å². The first-order valence-corrected chi connectivity index (χ1v) is 5.96. The fourth-order valence-corrected chi connectivity index (χ4v) is 1.57. The number of rotatable bonds is 6. The highest BCUT2D eigenvalue weighted by molar-refractivity contribution is 7.80. The Hall–Kier alpha value is -0.830. The molecule has 1 aromatic rings. The second-order valence-electron chi connectivity index (χ2n) is 3.39. The maximum Gasteiger partial charge on any atom is 0.141 e. The summed E-state index contributed by atoms with van der Waals surface area (Å²) >= 11 is 4.18. The number of hydrogen-bond acceptors (Lipinski definition) is 3. The zero-order chi connectivity index (χ0) is 11.1. The summed E-state index contributed by atoms with van der Waals surface area (Å²) in [7, 11) is 1.70. The van der Waals surface area contributed by atoms with Crippen LogP contribution < -0.4 is 10.1 Å². The van der Waals surface area contributed by atoms with Crippen LogP contribution in [0.2, 0.25) is 0 Å². The topological polar surface area (TPSA) is 21.3 Å². The molecule has 0 unspecified atom stereocenters. The van der Waals surface area contributed by atoms with Gasteiger partial charge in [0.15, 0.2) is 0 Å². The average molecular weight is 225 g/mol. The highest BCUT2D eigenvalue weighted by atomic mass is 32.1. The van der Waals surface area contributed by atoms with Gasteiger partial charge >= 0.3 is 0 Å². The summed E-state index contributed by atoms with van der Waals surface area (Å²) in [5, 5.41) is 3.37. The van der Waals surface area contributed by atoms with E-state index in [4.69, 9.17) is 4.74 Å². The summed E-state index contributed by atoms with van der Waals surface area (Å²) in [4.78, 5) is 0. The molecule has 0 saturated heterocycles. The van der Waals surface area contributed by atoms with Crippen molar-refractivity contribution in [1.29, 1.82) is 0 Å². The molecule has 0 aliphatic carbocycles. The van der Waals surface area contributed by atoms with Crippen molar-refractivity contribution in [1.82, 2.24) is 0 Å². The third-order valence-corrected chi connectivity index (χ3v) is 2.64. The minimum Gasteiger partial charge on any atom is -0.495 e. The predicted octanol–water partition coefficient (Wildman–Crippen LogP) is 2.99. The first kappa shape index (κ1) is 12.2. The minimum atomic E-state index is 0.906. The number of nitrogens with one attached hydrogen (secondary N) is 1. The first-order chi connectivity index (χ1) is 7.31. The molecule has 0 radical (unpaired) electrons.